The number of methoxy groups -OCH3 is 1. The molecule has 6 nitrogen and oxygen atoms in total. The Kier molecular flexibility index (Phi) is 4.47. The highest BCUT2D eigenvalue weighted by molar-refractivity contribution is 5.96. The number of nitro groups is 1. The second-order valence-electron chi connectivity index (χ2n) is 3.50. The normalized spacial score (nSPS) is 9.89. The molecule has 0 heterocycles. The van der Waals surface area contributed by atoms with Crippen LogP contribution in [0, 0.1) is 15.9 Å². The molecular formula is C11H10FNO5. The summed E-state index contributed by atoms with van der Waals surface area (Å²) < 4.78 is 17.3. The summed E-state index contributed by atoms with van der Waals surface area (Å²) in [7, 11) is 1.13. The number of esters is 1. The smallest absolute Gasteiger partial charge is 0.313 e. The molecule has 0 aliphatic carbocycles. The van der Waals surface area contributed by atoms with Gasteiger partial charge in [-0.1, -0.05) is 0 Å². The number of nitro benzene ring substituents is 1. The summed E-state index contributed by atoms with van der Waals surface area (Å²) in [5.41, 5.74) is -0.413. The zero-order valence-corrected chi connectivity index (χ0v) is 9.51. The number of halogens is 1. The molecule has 0 atom stereocenters. The first-order valence-corrected chi connectivity index (χ1v) is 4.95. The van der Waals surface area contributed by atoms with Crippen LogP contribution in [0.25, 0.3) is 0 Å². The van der Waals surface area contributed by atoms with Gasteiger partial charge in [-0.3, -0.25) is 19.7 Å². The van der Waals surface area contributed by atoms with Gasteiger partial charge < -0.3 is 4.74 Å². The molecule has 0 amide bonds. The van der Waals surface area contributed by atoms with Crippen LogP contribution in [0.3, 0.4) is 0 Å². The first-order chi connectivity index (χ1) is 8.43. The van der Waals surface area contributed by atoms with Crippen molar-refractivity contribution >= 4 is 17.4 Å². The lowest BCUT2D eigenvalue weighted by Gasteiger charge is -2.02. The van der Waals surface area contributed by atoms with Crippen molar-refractivity contribution in [3.05, 3.63) is 39.7 Å². The molecule has 0 aliphatic heterocycles. The second-order valence-corrected chi connectivity index (χ2v) is 3.50. The number of hydrogen-bond donors (Lipinski definition) is 0. The molecule has 0 fully saturated rings. The summed E-state index contributed by atoms with van der Waals surface area (Å²) >= 11 is 0. The van der Waals surface area contributed by atoms with Gasteiger partial charge in [0, 0.05) is 18.1 Å². The Labute approximate surface area is 102 Å². The molecular weight excluding hydrogens is 245 g/mol. The van der Waals surface area contributed by atoms with Crippen LogP contribution < -0.4 is 0 Å². The molecule has 0 radical (unpaired) electrons. The highest BCUT2D eigenvalue weighted by Gasteiger charge is 2.18. The minimum atomic E-state index is -0.737. The highest BCUT2D eigenvalue weighted by atomic mass is 19.1. The van der Waals surface area contributed by atoms with E-state index in [1.165, 1.54) is 0 Å². The van der Waals surface area contributed by atoms with E-state index in [0.717, 1.165) is 25.3 Å². The molecule has 0 aromatic heterocycles. The summed E-state index contributed by atoms with van der Waals surface area (Å²) in [6.45, 7) is 0. The summed E-state index contributed by atoms with van der Waals surface area (Å²) in [4.78, 5) is 32.2. The van der Waals surface area contributed by atoms with Gasteiger partial charge in [-0.15, -0.1) is 0 Å². The molecule has 0 saturated carbocycles. The summed E-state index contributed by atoms with van der Waals surface area (Å²) in [5, 5.41) is 10.7. The van der Waals surface area contributed by atoms with E-state index in [1.807, 2.05) is 0 Å². The SMILES string of the molecule is COC(=O)CC(=O)Cc1cc(F)ccc1[N+](=O)[O-]. The maximum Gasteiger partial charge on any atom is 0.313 e. The monoisotopic (exact) mass is 255 g/mol. The van der Waals surface area contributed by atoms with Crippen LogP contribution in [0.2, 0.25) is 0 Å². The Hall–Kier alpha value is -2.31. The first kappa shape index (κ1) is 13.8. The summed E-state index contributed by atoms with van der Waals surface area (Å²) in [5.74, 6) is -1.99. The molecule has 1 rings (SSSR count). The lowest BCUT2D eigenvalue weighted by atomic mass is 10.0. The van der Waals surface area contributed by atoms with Gasteiger partial charge in [0.2, 0.25) is 0 Å². The topological polar surface area (TPSA) is 86.5 Å². The van der Waals surface area contributed by atoms with E-state index in [9.17, 15) is 24.1 Å². The van der Waals surface area contributed by atoms with Crippen molar-refractivity contribution in [2.75, 3.05) is 7.11 Å². The van der Waals surface area contributed by atoms with Gasteiger partial charge in [0.25, 0.3) is 5.69 Å². The van der Waals surface area contributed by atoms with Gasteiger partial charge in [-0.2, -0.15) is 0 Å². The summed E-state index contributed by atoms with van der Waals surface area (Å²) in [6, 6.07) is 2.83. The van der Waals surface area contributed by atoms with Crippen LogP contribution in [0.15, 0.2) is 18.2 Å². The molecule has 0 bridgehead atoms. The molecule has 1 aromatic carbocycles. The Morgan fingerprint density at radius 1 is 1.44 bits per heavy atom. The predicted molar refractivity (Wildman–Crippen MR) is 58.4 cm³/mol. The minimum absolute atomic E-state index is 0.0612. The van der Waals surface area contributed by atoms with Gasteiger partial charge >= 0.3 is 5.97 Å². The Morgan fingerprint density at radius 3 is 2.67 bits per heavy atom. The Balaban J connectivity index is 2.89. The minimum Gasteiger partial charge on any atom is -0.469 e. The number of ether oxygens (including phenoxy) is 1. The Morgan fingerprint density at radius 2 is 2.11 bits per heavy atom. The van der Waals surface area contributed by atoms with Gasteiger partial charge in [0.15, 0.2) is 0 Å². The van der Waals surface area contributed by atoms with E-state index < -0.39 is 28.9 Å². The van der Waals surface area contributed by atoms with E-state index >= 15 is 0 Å². The van der Waals surface area contributed by atoms with Crippen molar-refractivity contribution in [2.45, 2.75) is 12.8 Å². The Bertz CT molecular complexity index is 500. The quantitative estimate of drug-likeness (QED) is 0.343. The van der Waals surface area contributed by atoms with Crippen LogP contribution in [0.4, 0.5) is 10.1 Å². The van der Waals surface area contributed by atoms with Gasteiger partial charge in [-0.05, 0) is 12.1 Å². The fourth-order valence-electron chi connectivity index (χ4n) is 1.38. The molecule has 0 aliphatic rings. The molecule has 0 unspecified atom stereocenters. The van der Waals surface area contributed by atoms with Crippen molar-refractivity contribution < 1.29 is 23.6 Å². The van der Waals surface area contributed by atoms with E-state index in [1.54, 1.807) is 0 Å². The van der Waals surface area contributed by atoms with Crippen LogP contribution in [0.1, 0.15) is 12.0 Å². The molecule has 96 valence electrons. The van der Waals surface area contributed by atoms with E-state index in [2.05, 4.69) is 4.74 Å². The summed E-state index contributed by atoms with van der Waals surface area (Å²) in [6.07, 6.45) is -0.882. The second kappa shape index (κ2) is 5.85. The van der Waals surface area contributed by atoms with Crippen LogP contribution in [0.5, 0.6) is 0 Å². The van der Waals surface area contributed by atoms with Crippen molar-refractivity contribution in [3.63, 3.8) is 0 Å². The van der Waals surface area contributed by atoms with Crippen molar-refractivity contribution in [2.24, 2.45) is 0 Å². The number of carbonyl (C=O) groups excluding carboxylic acids is 2. The van der Waals surface area contributed by atoms with Crippen LogP contribution in [-0.2, 0) is 20.7 Å². The maximum atomic E-state index is 13.0. The zero-order valence-electron chi connectivity index (χ0n) is 9.51. The van der Waals surface area contributed by atoms with E-state index in [0.29, 0.717) is 0 Å². The molecule has 0 saturated heterocycles. The number of carbonyl (C=O) groups is 2. The average molecular weight is 255 g/mol. The van der Waals surface area contributed by atoms with Gasteiger partial charge in [-0.25, -0.2) is 4.39 Å². The van der Waals surface area contributed by atoms with Crippen LogP contribution in [-0.4, -0.2) is 23.8 Å². The lowest BCUT2D eigenvalue weighted by Crippen LogP contribution is -2.12. The number of ketones is 1. The third-order valence-corrected chi connectivity index (χ3v) is 2.20. The number of rotatable bonds is 5. The number of Topliss-reactive ketones (excluding diaryl/α,β-unsaturated/α-hetero) is 1. The molecule has 7 heteroatoms. The fourth-order valence-corrected chi connectivity index (χ4v) is 1.38. The molecule has 0 spiro atoms. The van der Waals surface area contributed by atoms with Gasteiger partial charge in [0.05, 0.1) is 12.0 Å². The van der Waals surface area contributed by atoms with Gasteiger partial charge in [0.1, 0.15) is 18.0 Å². The highest BCUT2D eigenvalue weighted by Crippen LogP contribution is 2.20. The number of nitrogens with zero attached hydrogens (tertiary/aromatic N) is 1. The van der Waals surface area contributed by atoms with Crippen molar-refractivity contribution in [3.8, 4) is 0 Å². The standard InChI is InChI=1S/C11H10FNO5/c1-18-11(15)6-9(14)5-7-4-8(12)2-3-10(7)13(16)17/h2-4H,5-6H2,1H3. The molecule has 0 N–H and O–H groups in total. The number of benzene rings is 1. The third kappa shape index (κ3) is 3.62. The van der Waals surface area contributed by atoms with E-state index in [-0.39, 0.29) is 17.7 Å². The number of hydrogen-bond acceptors (Lipinski definition) is 5. The first-order valence-electron chi connectivity index (χ1n) is 4.95. The van der Waals surface area contributed by atoms with E-state index in [4.69, 9.17) is 0 Å². The van der Waals surface area contributed by atoms with Crippen LogP contribution >= 0.6 is 0 Å². The third-order valence-electron chi connectivity index (χ3n) is 2.20. The largest absolute Gasteiger partial charge is 0.469 e. The molecule has 1 aromatic rings. The predicted octanol–water partition coefficient (Wildman–Crippen LogP) is 1.41. The average Bonchev–Trinajstić information content (AvgIpc) is 2.28. The lowest BCUT2D eigenvalue weighted by molar-refractivity contribution is -0.385. The fraction of sp³-hybridized carbons (Fsp3) is 0.273. The van der Waals surface area contributed by atoms with Crippen molar-refractivity contribution in [1.29, 1.82) is 0 Å². The van der Waals surface area contributed by atoms with Crippen molar-refractivity contribution in [1.82, 2.24) is 0 Å². The molecule has 18 heavy (non-hydrogen) atoms. The maximum absolute atomic E-state index is 13.0. The zero-order chi connectivity index (χ0) is 13.7.